The van der Waals surface area contributed by atoms with Gasteiger partial charge in [0.1, 0.15) is 12.4 Å². The molecule has 0 radical (unpaired) electrons. The molecule has 0 aliphatic carbocycles. The number of pyridine rings is 1. The minimum atomic E-state index is -1.16. The fourth-order valence-electron chi connectivity index (χ4n) is 3.70. The quantitative estimate of drug-likeness (QED) is 0.304. The lowest BCUT2D eigenvalue weighted by Crippen LogP contribution is -2.12. The number of fused-ring (bicyclic) bond motifs is 1. The number of nitrogens with zero attached hydrogens (tertiary/aromatic N) is 2. The lowest BCUT2D eigenvalue weighted by atomic mass is 10.1. The Labute approximate surface area is 197 Å². The van der Waals surface area contributed by atoms with Crippen LogP contribution >= 0.6 is 21.6 Å². The Morgan fingerprint density at radius 2 is 2.03 bits per heavy atom. The maximum atomic E-state index is 15.1. The Kier molecular flexibility index (Phi) is 6.52. The van der Waals surface area contributed by atoms with Crippen LogP contribution in [-0.2, 0) is 11.5 Å². The van der Waals surface area contributed by atoms with Gasteiger partial charge in [0.25, 0.3) is 0 Å². The summed E-state index contributed by atoms with van der Waals surface area (Å²) in [5, 5.41) is 10.7. The summed E-state index contributed by atoms with van der Waals surface area (Å²) in [5.41, 5.74) is 2.32. The van der Waals surface area contributed by atoms with Gasteiger partial charge in [-0.2, -0.15) is 0 Å². The predicted molar refractivity (Wildman–Crippen MR) is 133 cm³/mol. The zero-order valence-corrected chi connectivity index (χ0v) is 20.1. The molecule has 3 aromatic heterocycles. The number of rotatable bonds is 8. The van der Waals surface area contributed by atoms with Crippen LogP contribution in [0.25, 0.3) is 33.5 Å². The van der Waals surface area contributed by atoms with Crippen molar-refractivity contribution < 1.29 is 19.0 Å². The monoisotopic (exact) mass is 489 g/mol. The van der Waals surface area contributed by atoms with Crippen LogP contribution in [0, 0.1) is 5.82 Å². The van der Waals surface area contributed by atoms with Crippen LogP contribution in [0.15, 0.2) is 48.8 Å². The molecule has 0 unspecified atom stereocenters. The van der Waals surface area contributed by atoms with Crippen LogP contribution in [0.2, 0.25) is 5.02 Å². The highest BCUT2D eigenvalue weighted by molar-refractivity contribution is 8.32. The zero-order valence-electron chi connectivity index (χ0n) is 18.6. The maximum absolute atomic E-state index is 15.1. The number of benzene rings is 1. The van der Waals surface area contributed by atoms with Crippen LogP contribution in [0.5, 0.6) is 0 Å². The Balaban J connectivity index is 1.92. The molecule has 3 heterocycles. The molecular weight excluding hydrogens is 465 g/mol. The summed E-state index contributed by atoms with van der Waals surface area (Å²) in [6, 6.07) is 9.80. The number of aromatic nitrogens is 3. The van der Waals surface area contributed by atoms with Crippen molar-refractivity contribution in [3.05, 3.63) is 65.2 Å². The molecule has 0 saturated carbocycles. The Hall–Kier alpha value is -2.81. The van der Waals surface area contributed by atoms with Crippen molar-refractivity contribution in [2.75, 3.05) is 31.1 Å². The smallest absolute Gasteiger partial charge is 0.337 e. The Bertz CT molecular complexity index is 1330. The molecule has 9 heteroatoms. The first kappa shape index (κ1) is 23.4. The van der Waals surface area contributed by atoms with E-state index >= 15 is 4.39 Å². The van der Waals surface area contributed by atoms with Gasteiger partial charge in [0.05, 0.1) is 28.6 Å². The fraction of sp³-hybridized carbons (Fsp3) is 0.250. The number of hydrogen-bond donors (Lipinski definition) is 2. The van der Waals surface area contributed by atoms with E-state index < -0.39 is 21.8 Å². The first-order valence-electron chi connectivity index (χ1n) is 10.2. The Morgan fingerprint density at radius 1 is 1.24 bits per heavy atom. The normalized spacial score (nSPS) is 12.4. The summed E-state index contributed by atoms with van der Waals surface area (Å²) in [6.45, 7) is 0.569. The maximum Gasteiger partial charge on any atom is 0.337 e. The standard InChI is InChI=1S/C24H25ClFN3O3S/c1-33(2,3)12-11-32-14-29-20(15-7-9-27-23-16(15)8-10-28-23)13-18(24(30)31)22(29)17-5-4-6-19(25)21(17)26/h4-10,13H,11-12,14H2,1-3H3,(H,27,28)(H,30,31). The average Bonchev–Trinajstić information content (AvgIpc) is 3.37. The fourth-order valence-corrected chi connectivity index (χ4v) is 4.49. The minimum absolute atomic E-state index is 0.0308. The van der Waals surface area contributed by atoms with Crippen molar-refractivity contribution in [3.63, 3.8) is 0 Å². The largest absolute Gasteiger partial charge is 0.478 e. The van der Waals surface area contributed by atoms with Crippen molar-refractivity contribution in [1.29, 1.82) is 0 Å². The summed E-state index contributed by atoms with van der Waals surface area (Å²) >= 11 is 6.04. The second-order valence-corrected chi connectivity index (χ2v) is 13.6. The molecule has 0 aliphatic rings. The van der Waals surface area contributed by atoms with Crippen LogP contribution in [-0.4, -0.2) is 56.7 Å². The molecule has 33 heavy (non-hydrogen) atoms. The molecule has 0 aliphatic heterocycles. The van der Waals surface area contributed by atoms with Crippen LogP contribution in [0.3, 0.4) is 0 Å². The van der Waals surface area contributed by atoms with E-state index in [1.165, 1.54) is 12.1 Å². The molecule has 2 N–H and O–H groups in total. The van der Waals surface area contributed by atoms with Gasteiger partial charge in [-0.15, -0.1) is 0 Å². The van der Waals surface area contributed by atoms with Gasteiger partial charge in [-0.25, -0.2) is 24.2 Å². The van der Waals surface area contributed by atoms with Crippen molar-refractivity contribution in [3.8, 4) is 22.5 Å². The molecule has 0 fully saturated rings. The molecule has 0 atom stereocenters. The number of carbonyl (C=O) groups is 1. The molecule has 0 amide bonds. The number of nitrogens with one attached hydrogen (secondary N) is 1. The molecular formula is C24H25ClFN3O3S. The second-order valence-electron chi connectivity index (χ2n) is 8.56. The van der Waals surface area contributed by atoms with Crippen LogP contribution in [0.1, 0.15) is 10.4 Å². The highest BCUT2D eigenvalue weighted by atomic mass is 35.5. The average molecular weight is 490 g/mol. The van der Waals surface area contributed by atoms with Crippen LogP contribution in [0.4, 0.5) is 4.39 Å². The van der Waals surface area contributed by atoms with E-state index in [-0.39, 0.29) is 28.6 Å². The molecule has 1 aromatic carbocycles. The molecule has 0 bridgehead atoms. The lowest BCUT2D eigenvalue weighted by molar-refractivity contribution is 0.0696. The van der Waals surface area contributed by atoms with Gasteiger partial charge in [0.2, 0.25) is 0 Å². The SMILES string of the molecule is CS(C)(C)CCOCn1c(-c2ccnc3[nH]ccc23)cc(C(=O)O)c1-c1cccc(Cl)c1F. The van der Waals surface area contributed by atoms with Crippen molar-refractivity contribution in [1.82, 2.24) is 14.5 Å². The first-order valence-corrected chi connectivity index (χ1v) is 13.7. The number of aromatic carboxylic acids is 1. The summed E-state index contributed by atoms with van der Waals surface area (Å²) in [4.78, 5) is 19.6. The van der Waals surface area contributed by atoms with Gasteiger partial charge < -0.3 is 19.4 Å². The second kappa shape index (κ2) is 9.21. The van der Waals surface area contributed by atoms with E-state index in [9.17, 15) is 9.90 Å². The third kappa shape index (κ3) is 4.78. The van der Waals surface area contributed by atoms with Gasteiger partial charge in [-0.3, -0.25) is 0 Å². The molecule has 6 nitrogen and oxygen atoms in total. The Morgan fingerprint density at radius 3 is 2.76 bits per heavy atom. The summed E-state index contributed by atoms with van der Waals surface area (Å²) < 4.78 is 22.8. The summed E-state index contributed by atoms with van der Waals surface area (Å²) in [7, 11) is -0.763. The van der Waals surface area contributed by atoms with E-state index in [1.54, 1.807) is 29.1 Å². The van der Waals surface area contributed by atoms with Gasteiger partial charge in [0.15, 0.2) is 5.82 Å². The van der Waals surface area contributed by atoms with Gasteiger partial charge in [-0.05, 0) is 49.1 Å². The third-order valence-electron chi connectivity index (χ3n) is 5.33. The molecule has 0 spiro atoms. The van der Waals surface area contributed by atoms with Crippen molar-refractivity contribution >= 4 is 38.6 Å². The highest BCUT2D eigenvalue weighted by Crippen LogP contribution is 2.38. The number of carboxylic acids is 1. The third-order valence-corrected chi connectivity index (χ3v) is 7.01. The van der Waals surface area contributed by atoms with Crippen molar-refractivity contribution in [2.45, 2.75) is 6.73 Å². The number of hydrogen-bond acceptors (Lipinski definition) is 3. The van der Waals surface area contributed by atoms with Gasteiger partial charge in [-0.1, -0.05) is 17.7 Å². The van der Waals surface area contributed by atoms with E-state index in [0.717, 1.165) is 16.7 Å². The van der Waals surface area contributed by atoms with E-state index in [1.807, 2.05) is 12.1 Å². The number of halogens is 2. The van der Waals surface area contributed by atoms with Gasteiger partial charge >= 0.3 is 5.97 Å². The van der Waals surface area contributed by atoms with Gasteiger partial charge in [0, 0.05) is 34.7 Å². The number of H-pyrrole nitrogens is 1. The molecule has 4 rings (SSSR count). The summed E-state index contributed by atoms with van der Waals surface area (Å²) in [5.74, 6) is -0.941. The summed E-state index contributed by atoms with van der Waals surface area (Å²) in [6.07, 6.45) is 10.0. The number of ether oxygens (including phenoxy) is 1. The van der Waals surface area contributed by atoms with Crippen molar-refractivity contribution in [2.24, 2.45) is 0 Å². The molecule has 174 valence electrons. The molecule has 0 saturated heterocycles. The zero-order chi connectivity index (χ0) is 23.8. The minimum Gasteiger partial charge on any atom is -0.478 e. The predicted octanol–water partition coefficient (Wildman–Crippen LogP) is 5.86. The number of aromatic amines is 1. The topological polar surface area (TPSA) is 80.1 Å². The van der Waals surface area contributed by atoms with E-state index in [2.05, 4.69) is 28.7 Å². The number of carboxylic acid groups (broad SMARTS) is 1. The van der Waals surface area contributed by atoms with E-state index in [0.29, 0.717) is 17.9 Å². The molecule has 4 aromatic rings. The van der Waals surface area contributed by atoms with E-state index in [4.69, 9.17) is 16.3 Å². The highest BCUT2D eigenvalue weighted by Gasteiger charge is 2.26. The van der Waals surface area contributed by atoms with Crippen LogP contribution < -0.4 is 0 Å². The lowest BCUT2D eigenvalue weighted by Gasteiger charge is -2.25. The first-order chi connectivity index (χ1) is 15.7.